The average Bonchev–Trinajstić information content (AvgIpc) is 2.64. The lowest BCUT2D eigenvalue weighted by Crippen LogP contribution is -2.18. The van der Waals surface area contributed by atoms with Gasteiger partial charge in [0, 0.05) is 24.6 Å². The zero-order chi connectivity index (χ0) is 16.6. The lowest BCUT2D eigenvalue weighted by atomic mass is 10.1. The van der Waals surface area contributed by atoms with Crippen molar-refractivity contribution in [2.45, 2.75) is 0 Å². The van der Waals surface area contributed by atoms with Crippen LogP contribution in [0.2, 0.25) is 0 Å². The van der Waals surface area contributed by atoms with Crippen LogP contribution in [0.3, 0.4) is 0 Å². The summed E-state index contributed by atoms with van der Waals surface area (Å²) in [5, 5.41) is 0. The molecule has 0 atom stereocenters. The van der Waals surface area contributed by atoms with Gasteiger partial charge in [-0.25, -0.2) is 0 Å². The van der Waals surface area contributed by atoms with Crippen LogP contribution >= 0.6 is 0 Å². The highest BCUT2D eigenvalue weighted by atomic mass is 15.1. The average molecular weight is 312 g/mol. The van der Waals surface area contributed by atoms with Gasteiger partial charge in [-0.15, -0.1) is 0 Å². The van der Waals surface area contributed by atoms with E-state index in [-0.39, 0.29) is 0 Å². The Balaban J connectivity index is 1.59. The Labute approximate surface area is 143 Å². The zero-order valence-electron chi connectivity index (χ0n) is 13.7. The van der Waals surface area contributed by atoms with Crippen molar-refractivity contribution in [3.8, 4) is 0 Å². The van der Waals surface area contributed by atoms with Crippen LogP contribution < -0.4 is 4.90 Å². The zero-order valence-corrected chi connectivity index (χ0v) is 13.7. The van der Waals surface area contributed by atoms with Crippen LogP contribution in [0.4, 0.5) is 11.4 Å². The number of likely N-dealkylation sites (N-methyl/N-ethyl adjacent to an activating group) is 1. The molecule has 0 unspecified atom stereocenters. The highest BCUT2D eigenvalue weighted by molar-refractivity contribution is 5.76. The van der Waals surface area contributed by atoms with Gasteiger partial charge < -0.3 is 4.90 Å². The number of anilines is 1. The van der Waals surface area contributed by atoms with E-state index < -0.39 is 0 Å². The Hall–Kier alpha value is -3.13. The molecule has 0 fully saturated rings. The van der Waals surface area contributed by atoms with Gasteiger partial charge >= 0.3 is 0 Å². The number of para-hydroxylation sites is 2. The summed E-state index contributed by atoms with van der Waals surface area (Å²) in [7, 11) is 2.09. The number of benzene rings is 2. The van der Waals surface area contributed by atoms with Gasteiger partial charge in [0.25, 0.3) is 0 Å². The molecular formula is C22H20N2. The number of nitrogens with zero attached hydrogens (tertiary/aromatic N) is 2. The van der Waals surface area contributed by atoms with Gasteiger partial charge in [0.1, 0.15) is 0 Å². The molecule has 1 aliphatic rings. The van der Waals surface area contributed by atoms with Gasteiger partial charge in [0.05, 0.1) is 5.69 Å². The Morgan fingerprint density at radius 2 is 1.54 bits per heavy atom. The standard InChI is InChI=1S/C22H20N2/c1-24-21(17-16-19-11-8-9-15-22(19)24)14-7-2-3-10-18-23-20-12-5-4-6-13-20/h2-18H,1H3/b7-2+,10-3-,21-14+,23-18?. The second-order valence-electron chi connectivity index (χ2n) is 5.43. The molecule has 1 aliphatic heterocycles. The fourth-order valence-corrected chi connectivity index (χ4v) is 2.50. The van der Waals surface area contributed by atoms with Crippen LogP contribution in [0.1, 0.15) is 5.56 Å². The molecule has 0 saturated heterocycles. The number of allylic oxidation sites excluding steroid dienone is 6. The predicted molar refractivity (Wildman–Crippen MR) is 105 cm³/mol. The second kappa shape index (κ2) is 7.93. The van der Waals surface area contributed by atoms with Crippen molar-refractivity contribution in [2.24, 2.45) is 4.99 Å². The van der Waals surface area contributed by atoms with Crippen molar-refractivity contribution >= 4 is 23.7 Å². The quantitative estimate of drug-likeness (QED) is 0.534. The Morgan fingerprint density at radius 1 is 0.792 bits per heavy atom. The van der Waals surface area contributed by atoms with Crippen molar-refractivity contribution in [1.82, 2.24) is 0 Å². The van der Waals surface area contributed by atoms with Gasteiger partial charge in [-0.05, 0) is 42.0 Å². The maximum Gasteiger partial charge on any atom is 0.0629 e. The summed E-state index contributed by atoms with van der Waals surface area (Å²) in [5.74, 6) is 0. The van der Waals surface area contributed by atoms with Crippen LogP contribution in [0, 0.1) is 0 Å². The molecule has 2 aromatic carbocycles. The van der Waals surface area contributed by atoms with E-state index in [9.17, 15) is 0 Å². The molecule has 0 aromatic heterocycles. The largest absolute Gasteiger partial charge is 0.344 e. The van der Waals surface area contributed by atoms with Crippen molar-refractivity contribution in [3.05, 3.63) is 102 Å². The summed E-state index contributed by atoms with van der Waals surface area (Å²) in [6.07, 6.45) is 16.1. The fraction of sp³-hybridized carbons (Fsp3) is 0.0455. The molecule has 24 heavy (non-hydrogen) atoms. The first-order chi connectivity index (χ1) is 11.8. The van der Waals surface area contributed by atoms with Crippen LogP contribution in [0.15, 0.2) is 102 Å². The van der Waals surface area contributed by atoms with Crippen LogP contribution in [-0.4, -0.2) is 13.3 Å². The molecule has 0 N–H and O–H groups in total. The first-order valence-corrected chi connectivity index (χ1v) is 7.98. The lowest BCUT2D eigenvalue weighted by Gasteiger charge is -2.25. The number of hydrogen-bond donors (Lipinski definition) is 0. The molecule has 0 spiro atoms. The highest BCUT2D eigenvalue weighted by Gasteiger charge is 2.11. The van der Waals surface area contributed by atoms with Gasteiger partial charge in [-0.3, -0.25) is 4.99 Å². The summed E-state index contributed by atoms with van der Waals surface area (Å²) in [6, 6.07) is 18.3. The van der Waals surface area contributed by atoms with E-state index in [1.165, 1.54) is 11.3 Å². The van der Waals surface area contributed by atoms with Crippen molar-refractivity contribution in [1.29, 1.82) is 0 Å². The molecule has 2 nitrogen and oxygen atoms in total. The molecular weight excluding hydrogens is 292 g/mol. The maximum absolute atomic E-state index is 4.35. The second-order valence-corrected chi connectivity index (χ2v) is 5.43. The fourth-order valence-electron chi connectivity index (χ4n) is 2.50. The SMILES string of the molecule is CN1/C(=C/C=C/C=C\C=Nc2ccccc2)C=Cc2ccccc21. The molecule has 0 bridgehead atoms. The first-order valence-electron chi connectivity index (χ1n) is 7.98. The minimum Gasteiger partial charge on any atom is -0.344 e. The Morgan fingerprint density at radius 3 is 2.42 bits per heavy atom. The van der Waals surface area contributed by atoms with E-state index in [1.54, 1.807) is 6.21 Å². The number of fused-ring (bicyclic) bond motifs is 1. The van der Waals surface area contributed by atoms with Crippen LogP contribution in [0.25, 0.3) is 6.08 Å². The van der Waals surface area contributed by atoms with Crippen LogP contribution in [-0.2, 0) is 0 Å². The first kappa shape index (κ1) is 15.8. The number of aliphatic imine (C=N–C) groups is 1. The van der Waals surface area contributed by atoms with E-state index in [4.69, 9.17) is 0 Å². The molecule has 1 heterocycles. The molecule has 2 heteroatoms. The predicted octanol–water partition coefficient (Wildman–Crippen LogP) is 5.55. The van der Waals surface area contributed by atoms with Gasteiger partial charge in [0.15, 0.2) is 0 Å². The molecule has 0 radical (unpaired) electrons. The molecule has 0 saturated carbocycles. The maximum atomic E-state index is 4.35. The third-order valence-corrected chi connectivity index (χ3v) is 3.79. The van der Waals surface area contributed by atoms with Gasteiger partial charge in [0.2, 0.25) is 0 Å². The topological polar surface area (TPSA) is 15.6 Å². The minimum absolute atomic E-state index is 0.959. The van der Waals surface area contributed by atoms with Crippen LogP contribution in [0.5, 0.6) is 0 Å². The summed E-state index contributed by atoms with van der Waals surface area (Å²) in [6.45, 7) is 0. The smallest absolute Gasteiger partial charge is 0.0629 e. The molecule has 0 aliphatic carbocycles. The van der Waals surface area contributed by atoms with Crippen molar-refractivity contribution in [2.75, 3.05) is 11.9 Å². The summed E-state index contributed by atoms with van der Waals surface area (Å²) in [4.78, 5) is 6.54. The Kier molecular flexibility index (Phi) is 5.21. The molecule has 2 aromatic rings. The van der Waals surface area contributed by atoms with Crippen molar-refractivity contribution in [3.63, 3.8) is 0 Å². The van der Waals surface area contributed by atoms with Crippen molar-refractivity contribution < 1.29 is 0 Å². The van der Waals surface area contributed by atoms with E-state index in [1.807, 2.05) is 54.6 Å². The molecule has 3 rings (SSSR count). The van der Waals surface area contributed by atoms with E-state index in [2.05, 4.69) is 59.4 Å². The summed E-state index contributed by atoms with van der Waals surface area (Å²) in [5.41, 5.74) is 4.60. The molecule has 0 amide bonds. The third-order valence-electron chi connectivity index (χ3n) is 3.79. The Bertz CT molecular complexity index is 824. The highest BCUT2D eigenvalue weighted by Crippen LogP contribution is 2.28. The van der Waals surface area contributed by atoms with Gasteiger partial charge in [-0.2, -0.15) is 0 Å². The minimum atomic E-state index is 0.959. The van der Waals surface area contributed by atoms with E-state index in [0.29, 0.717) is 0 Å². The number of rotatable bonds is 4. The normalized spacial score (nSPS) is 15.9. The monoisotopic (exact) mass is 312 g/mol. The van der Waals surface area contributed by atoms with E-state index >= 15 is 0 Å². The lowest BCUT2D eigenvalue weighted by molar-refractivity contribution is 1.12. The van der Waals surface area contributed by atoms with Gasteiger partial charge in [-0.1, -0.05) is 60.7 Å². The summed E-state index contributed by atoms with van der Waals surface area (Å²) < 4.78 is 0. The molecule has 118 valence electrons. The number of hydrogen-bond acceptors (Lipinski definition) is 2. The summed E-state index contributed by atoms with van der Waals surface area (Å²) >= 11 is 0. The van der Waals surface area contributed by atoms with E-state index in [0.717, 1.165) is 11.4 Å². The third kappa shape index (κ3) is 3.99.